The molecule has 0 aliphatic heterocycles. The largest absolute Gasteiger partial charge is 0.433 e. The maximum Gasteiger partial charge on any atom is 0.387 e. The van der Waals surface area contributed by atoms with Crippen molar-refractivity contribution in [2.24, 2.45) is 0 Å². The third-order valence-electron chi connectivity index (χ3n) is 2.10. The van der Waals surface area contributed by atoms with E-state index in [2.05, 4.69) is 16.6 Å². The zero-order valence-corrected chi connectivity index (χ0v) is 8.21. The van der Waals surface area contributed by atoms with E-state index in [-0.39, 0.29) is 5.75 Å². The average molecular weight is 201 g/mol. The van der Waals surface area contributed by atoms with Crippen LogP contribution in [0.25, 0.3) is 0 Å². The van der Waals surface area contributed by atoms with Crippen molar-refractivity contribution in [2.45, 2.75) is 32.8 Å². The molecule has 4 heteroatoms. The highest BCUT2D eigenvalue weighted by molar-refractivity contribution is 5.21. The number of rotatable bonds is 4. The smallest absolute Gasteiger partial charge is 0.387 e. The molecule has 0 aliphatic rings. The molecule has 0 aliphatic carbocycles. The quantitative estimate of drug-likeness (QED) is 0.746. The molecule has 1 aromatic heterocycles. The van der Waals surface area contributed by atoms with Gasteiger partial charge in [-0.15, -0.1) is 0 Å². The van der Waals surface area contributed by atoms with Crippen molar-refractivity contribution in [3.63, 3.8) is 0 Å². The Morgan fingerprint density at radius 3 is 2.57 bits per heavy atom. The van der Waals surface area contributed by atoms with Crippen LogP contribution in [0.15, 0.2) is 18.3 Å². The molecule has 0 fully saturated rings. The van der Waals surface area contributed by atoms with E-state index in [1.807, 2.05) is 6.92 Å². The molecule has 0 saturated heterocycles. The van der Waals surface area contributed by atoms with Crippen molar-refractivity contribution in [3.8, 4) is 5.75 Å². The summed E-state index contributed by atoms with van der Waals surface area (Å²) in [4.78, 5) is 4.04. The summed E-state index contributed by atoms with van der Waals surface area (Å²) in [6.07, 6.45) is 2.30. The number of ether oxygens (including phenoxy) is 1. The lowest BCUT2D eigenvalue weighted by Gasteiger charge is -2.08. The molecule has 1 unspecified atom stereocenters. The number of aromatic nitrogens is 1. The number of hydrogen-bond donors (Lipinski definition) is 0. The summed E-state index contributed by atoms with van der Waals surface area (Å²) < 4.78 is 27.8. The molecule has 0 bridgehead atoms. The van der Waals surface area contributed by atoms with Gasteiger partial charge >= 0.3 is 6.61 Å². The molecule has 1 aromatic rings. The zero-order valence-electron chi connectivity index (χ0n) is 8.21. The molecule has 1 heterocycles. The van der Waals surface area contributed by atoms with Gasteiger partial charge in [0.25, 0.3) is 0 Å². The molecular weight excluding hydrogens is 188 g/mol. The number of hydrogen-bond acceptors (Lipinski definition) is 2. The van der Waals surface area contributed by atoms with Crippen LogP contribution in [0.5, 0.6) is 5.75 Å². The van der Waals surface area contributed by atoms with Gasteiger partial charge in [-0.2, -0.15) is 8.78 Å². The third-order valence-corrected chi connectivity index (χ3v) is 2.10. The van der Waals surface area contributed by atoms with Gasteiger partial charge in [0.15, 0.2) is 0 Å². The number of pyridine rings is 1. The minimum atomic E-state index is -2.79. The van der Waals surface area contributed by atoms with Gasteiger partial charge < -0.3 is 4.74 Å². The van der Waals surface area contributed by atoms with Crippen LogP contribution in [0.1, 0.15) is 31.9 Å². The number of nitrogens with zero attached hydrogens (tertiary/aromatic N) is 1. The van der Waals surface area contributed by atoms with Crippen LogP contribution in [-0.2, 0) is 0 Å². The maximum atomic E-state index is 11.8. The second kappa shape index (κ2) is 4.88. The Balaban J connectivity index is 2.68. The molecule has 0 saturated carbocycles. The van der Waals surface area contributed by atoms with Crippen molar-refractivity contribution in [2.75, 3.05) is 0 Å². The molecule has 0 spiro atoms. The van der Waals surface area contributed by atoms with Gasteiger partial charge in [-0.05, 0) is 24.5 Å². The van der Waals surface area contributed by atoms with E-state index in [1.54, 1.807) is 6.07 Å². The summed E-state index contributed by atoms with van der Waals surface area (Å²) in [5.74, 6) is 0.447. The molecule has 0 radical (unpaired) electrons. The predicted molar refractivity (Wildman–Crippen MR) is 49.6 cm³/mol. The van der Waals surface area contributed by atoms with Crippen molar-refractivity contribution in [3.05, 3.63) is 24.0 Å². The van der Waals surface area contributed by atoms with Crippen LogP contribution in [-0.4, -0.2) is 11.6 Å². The SMILES string of the molecule is CCC(C)c1ccc(OC(F)F)cn1. The lowest BCUT2D eigenvalue weighted by Crippen LogP contribution is -2.03. The minimum absolute atomic E-state index is 0.104. The van der Waals surface area contributed by atoms with Crippen LogP contribution in [0.4, 0.5) is 8.78 Å². The zero-order chi connectivity index (χ0) is 10.6. The lowest BCUT2D eigenvalue weighted by molar-refractivity contribution is -0.0500. The molecule has 78 valence electrons. The van der Waals surface area contributed by atoms with Crippen molar-refractivity contribution in [1.82, 2.24) is 4.98 Å². The van der Waals surface area contributed by atoms with E-state index in [0.717, 1.165) is 12.1 Å². The van der Waals surface area contributed by atoms with Gasteiger partial charge in [0, 0.05) is 5.69 Å². The Labute approximate surface area is 81.9 Å². The van der Waals surface area contributed by atoms with E-state index in [4.69, 9.17) is 0 Å². The summed E-state index contributed by atoms with van der Waals surface area (Å²) in [6, 6.07) is 3.23. The first-order chi connectivity index (χ1) is 6.63. The Morgan fingerprint density at radius 1 is 1.43 bits per heavy atom. The second-order valence-electron chi connectivity index (χ2n) is 3.11. The van der Waals surface area contributed by atoms with Crippen LogP contribution >= 0.6 is 0 Å². The molecular formula is C10H13F2NO. The molecule has 0 amide bonds. The van der Waals surface area contributed by atoms with E-state index >= 15 is 0 Å². The van der Waals surface area contributed by atoms with Gasteiger partial charge in [-0.1, -0.05) is 13.8 Å². The highest BCUT2D eigenvalue weighted by Gasteiger charge is 2.07. The van der Waals surface area contributed by atoms with Crippen molar-refractivity contribution < 1.29 is 13.5 Å². The molecule has 1 rings (SSSR count). The van der Waals surface area contributed by atoms with Gasteiger partial charge in [0.1, 0.15) is 5.75 Å². The summed E-state index contributed by atoms with van der Waals surface area (Å²) >= 11 is 0. The predicted octanol–water partition coefficient (Wildman–Crippen LogP) is 3.20. The topological polar surface area (TPSA) is 22.1 Å². The van der Waals surface area contributed by atoms with Gasteiger partial charge in [-0.3, -0.25) is 4.98 Å². The molecule has 0 aromatic carbocycles. The Bertz CT molecular complexity index is 274. The molecule has 1 atom stereocenters. The normalized spacial score (nSPS) is 12.9. The standard InChI is InChI=1S/C10H13F2NO/c1-3-7(2)9-5-4-8(6-13-9)14-10(11)12/h4-7,10H,3H2,1-2H3. The Hall–Kier alpha value is -1.19. The lowest BCUT2D eigenvalue weighted by atomic mass is 10.0. The maximum absolute atomic E-state index is 11.8. The van der Waals surface area contributed by atoms with E-state index in [1.165, 1.54) is 12.3 Å². The van der Waals surface area contributed by atoms with Crippen LogP contribution in [0.2, 0.25) is 0 Å². The first-order valence-electron chi connectivity index (χ1n) is 4.54. The Morgan fingerprint density at radius 2 is 2.14 bits per heavy atom. The second-order valence-corrected chi connectivity index (χ2v) is 3.11. The summed E-state index contributed by atoms with van der Waals surface area (Å²) in [6.45, 7) is 1.30. The van der Waals surface area contributed by atoms with Gasteiger partial charge in [0.2, 0.25) is 0 Å². The minimum Gasteiger partial charge on any atom is -0.433 e. The fourth-order valence-electron chi connectivity index (χ4n) is 1.06. The van der Waals surface area contributed by atoms with Gasteiger partial charge in [0.05, 0.1) is 6.20 Å². The van der Waals surface area contributed by atoms with Crippen LogP contribution in [0, 0.1) is 0 Å². The van der Waals surface area contributed by atoms with E-state index in [0.29, 0.717) is 5.92 Å². The summed E-state index contributed by atoms with van der Waals surface area (Å²) in [5.41, 5.74) is 0.897. The van der Waals surface area contributed by atoms with Crippen LogP contribution < -0.4 is 4.74 Å². The average Bonchev–Trinajstić information content (AvgIpc) is 2.17. The summed E-state index contributed by atoms with van der Waals surface area (Å²) in [5, 5.41) is 0. The first-order valence-corrected chi connectivity index (χ1v) is 4.54. The van der Waals surface area contributed by atoms with E-state index in [9.17, 15) is 8.78 Å². The molecule has 0 N–H and O–H groups in total. The van der Waals surface area contributed by atoms with Crippen molar-refractivity contribution >= 4 is 0 Å². The third kappa shape index (κ3) is 2.94. The fraction of sp³-hybridized carbons (Fsp3) is 0.500. The molecule has 2 nitrogen and oxygen atoms in total. The Kier molecular flexibility index (Phi) is 3.80. The fourth-order valence-corrected chi connectivity index (χ4v) is 1.06. The van der Waals surface area contributed by atoms with Crippen molar-refractivity contribution in [1.29, 1.82) is 0 Å². The highest BCUT2D eigenvalue weighted by atomic mass is 19.3. The highest BCUT2D eigenvalue weighted by Crippen LogP contribution is 2.19. The number of halogens is 2. The monoisotopic (exact) mass is 201 g/mol. The van der Waals surface area contributed by atoms with Gasteiger partial charge in [-0.25, -0.2) is 0 Å². The van der Waals surface area contributed by atoms with E-state index < -0.39 is 6.61 Å². The molecule has 14 heavy (non-hydrogen) atoms. The van der Waals surface area contributed by atoms with Crippen LogP contribution in [0.3, 0.4) is 0 Å². The first kappa shape index (κ1) is 10.9. The summed E-state index contributed by atoms with van der Waals surface area (Å²) in [7, 11) is 0. The number of alkyl halides is 2.